The lowest BCUT2D eigenvalue weighted by Crippen LogP contribution is -2.29. The Labute approximate surface area is 72.2 Å². The smallest absolute Gasteiger partial charge is 0.0969 e. The van der Waals surface area contributed by atoms with Crippen LogP contribution in [0.25, 0.3) is 0 Å². The van der Waals surface area contributed by atoms with Crippen LogP contribution in [0.5, 0.6) is 0 Å². The molecule has 2 atom stereocenters. The summed E-state index contributed by atoms with van der Waals surface area (Å²) >= 11 is 0. The molecule has 0 saturated carbocycles. The van der Waals surface area contributed by atoms with Gasteiger partial charge < -0.3 is 9.84 Å². The number of likely N-dealkylation sites (tertiary alicyclic amines) is 1. The summed E-state index contributed by atoms with van der Waals surface area (Å²) in [5.41, 5.74) is 0. The van der Waals surface area contributed by atoms with Crippen LogP contribution < -0.4 is 0 Å². The average molecular weight is 162 g/mol. The average Bonchev–Trinajstić information content (AvgIpc) is 2.29. The van der Waals surface area contributed by atoms with Gasteiger partial charge in [-0.05, 0) is 13.8 Å². The van der Waals surface area contributed by atoms with Gasteiger partial charge >= 0.3 is 0 Å². The number of rotatable bonds is 2. The van der Waals surface area contributed by atoms with E-state index >= 15 is 0 Å². The molecule has 1 fully saturated rings. The minimum Gasteiger partial charge on any atom is -0.389 e. The fourth-order valence-electron chi connectivity index (χ4n) is 1.32. The van der Waals surface area contributed by atoms with E-state index in [2.05, 4.69) is 0 Å². The minimum atomic E-state index is -2.42. The lowest BCUT2D eigenvalue weighted by molar-refractivity contribution is 0.0214. The Morgan fingerprint density at radius 2 is 2.36 bits per heavy atom. The molecule has 0 spiro atoms. The summed E-state index contributed by atoms with van der Waals surface area (Å²) in [5, 5.41) is 9.55. The molecule has 3 nitrogen and oxygen atoms in total. The fourth-order valence-corrected chi connectivity index (χ4v) is 1.32. The van der Waals surface area contributed by atoms with Crippen molar-refractivity contribution in [1.82, 2.24) is 4.90 Å². The van der Waals surface area contributed by atoms with Crippen LogP contribution in [-0.4, -0.2) is 48.4 Å². The number of hydrogen-bond donors (Lipinski definition) is 1. The predicted octanol–water partition coefficient (Wildman–Crippen LogP) is 0.0863. The Hall–Kier alpha value is -0.120. The van der Waals surface area contributed by atoms with Gasteiger partial charge in [0.05, 0.1) is 16.3 Å². The Bertz CT molecular complexity index is 196. The molecule has 11 heavy (non-hydrogen) atoms. The molecular formula is C8H17NO2. The van der Waals surface area contributed by atoms with Crippen molar-refractivity contribution < 1.29 is 14.0 Å². The summed E-state index contributed by atoms with van der Waals surface area (Å²) < 4.78 is 25.6. The Morgan fingerprint density at radius 3 is 2.82 bits per heavy atom. The Kier molecular flexibility index (Phi) is 1.76. The van der Waals surface area contributed by atoms with Gasteiger partial charge in [0.2, 0.25) is 0 Å². The lowest BCUT2D eigenvalue weighted by Gasteiger charge is -2.19. The molecule has 1 heterocycles. The summed E-state index contributed by atoms with van der Waals surface area (Å²) in [5.74, 6) is 0. The topological polar surface area (TPSA) is 32.7 Å². The number of nitrogens with zero attached hydrogens (tertiary/aromatic N) is 1. The Balaban J connectivity index is 2.49. The van der Waals surface area contributed by atoms with E-state index in [1.165, 1.54) is 0 Å². The molecule has 0 radical (unpaired) electrons. The van der Waals surface area contributed by atoms with Crippen LogP contribution in [0.3, 0.4) is 0 Å². The van der Waals surface area contributed by atoms with E-state index in [1.54, 1.807) is 0 Å². The molecule has 0 aromatic carbocycles. The third-order valence-corrected chi connectivity index (χ3v) is 2.15. The summed E-state index contributed by atoms with van der Waals surface area (Å²) in [6.07, 6.45) is -1.29. The summed E-state index contributed by atoms with van der Waals surface area (Å²) in [7, 11) is -2.42. The largest absolute Gasteiger partial charge is 0.389 e. The molecule has 1 N–H and O–H groups in total. The van der Waals surface area contributed by atoms with Crippen LogP contribution in [0.2, 0.25) is 0 Å². The zero-order chi connectivity index (χ0) is 10.9. The second-order valence-corrected chi connectivity index (χ2v) is 3.27. The third kappa shape index (κ3) is 1.92. The van der Waals surface area contributed by atoms with Crippen LogP contribution in [0.15, 0.2) is 0 Å². The molecule has 0 unspecified atom stereocenters. The van der Waals surface area contributed by atoms with Gasteiger partial charge in [0, 0.05) is 26.2 Å². The minimum absolute atomic E-state index is 0.301. The van der Waals surface area contributed by atoms with E-state index in [1.807, 2.05) is 18.7 Å². The monoisotopic (exact) mass is 162 g/mol. The van der Waals surface area contributed by atoms with Crippen LogP contribution in [-0.2, 0) is 4.74 Å². The first-order valence-corrected chi connectivity index (χ1v) is 3.89. The third-order valence-electron chi connectivity index (χ3n) is 2.15. The predicted molar refractivity (Wildman–Crippen MR) is 43.5 cm³/mol. The maximum Gasteiger partial charge on any atom is 0.0969 e. The normalized spacial score (nSPS) is 38.7. The molecule has 3 heteroatoms. The van der Waals surface area contributed by atoms with Crippen molar-refractivity contribution in [3.8, 4) is 0 Å². The van der Waals surface area contributed by atoms with Crippen molar-refractivity contribution in [1.29, 1.82) is 0 Å². The highest BCUT2D eigenvalue weighted by atomic mass is 16.5. The quantitative estimate of drug-likeness (QED) is 0.624. The van der Waals surface area contributed by atoms with E-state index in [0.29, 0.717) is 19.1 Å². The van der Waals surface area contributed by atoms with Crippen molar-refractivity contribution in [2.45, 2.75) is 32.1 Å². The number of hydrogen-bond acceptors (Lipinski definition) is 3. The van der Waals surface area contributed by atoms with E-state index < -0.39 is 19.2 Å². The molecule has 0 aliphatic carbocycles. The highest BCUT2D eigenvalue weighted by Gasteiger charge is 2.32. The SMILES string of the molecule is [2H]C([2H])([2H])O[C@H]1CN(C(C)C)C[C@H]1O. The molecule has 1 aliphatic rings. The van der Waals surface area contributed by atoms with Crippen LogP contribution in [0, 0.1) is 0 Å². The first kappa shape index (κ1) is 5.51. The standard InChI is InChI=1S/C8H17NO2/c1-6(2)9-4-7(10)8(5-9)11-3/h6-8,10H,4-5H2,1-3H3/t7-,8+/m1/s1/i3D3. The van der Waals surface area contributed by atoms with Gasteiger partial charge in [-0.25, -0.2) is 0 Å². The zero-order valence-electron chi connectivity index (χ0n) is 9.95. The van der Waals surface area contributed by atoms with Gasteiger partial charge in [-0.2, -0.15) is 0 Å². The van der Waals surface area contributed by atoms with Gasteiger partial charge in [0.1, 0.15) is 0 Å². The number of aliphatic hydroxyl groups excluding tert-OH is 1. The summed E-state index contributed by atoms with van der Waals surface area (Å²) in [6.45, 7) is 4.98. The van der Waals surface area contributed by atoms with Gasteiger partial charge in [-0.15, -0.1) is 0 Å². The summed E-state index contributed by atoms with van der Waals surface area (Å²) in [4.78, 5) is 2.00. The maximum atomic E-state index is 9.55. The van der Waals surface area contributed by atoms with Crippen LogP contribution in [0.4, 0.5) is 0 Å². The second kappa shape index (κ2) is 3.52. The Morgan fingerprint density at radius 1 is 1.64 bits per heavy atom. The highest BCUT2D eigenvalue weighted by Crippen LogP contribution is 2.14. The van der Waals surface area contributed by atoms with Crippen molar-refractivity contribution >= 4 is 0 Å². The van der Waals surface area contributed by atoms with Crippen molar-refractivity contribution in [2.75, 3.05) is 20.1 Å². The summed E-state index contributed by atoms with van der Waals surface area (Å²) in [6, 6.07) is 0.301. The van der Waals surface area contributed by atoms with E-state index in [-0.39, 0.29) is 0 Å². The van der Waals surface area contributed by atoms with Crippen molar-refractivity contribution in [3.05, 3.63) is 0 Å². The number of methoxy groups -OCH3 is 1. The molecule has 66 valence electrons. The fraction of sp³-hybridized carbons (Fsp3) is 1.00. The molecule has 0 bridgehead atoms. The van der Waals surface area contributed by atoms with E-state index in [9.17, 15) is 5.11 Å². The van der Waals surface area contributed by atoms with Gasteiger partial charge in [0.25, 0.3) is 0 Å². The van der Waals surface area contributed by atoms with Crippen LogP contribution in [0.1, 0.15) is 18.0 Å². The molecule has 1 aliphatic heterocycles. The molecule has 0 amide bonds. The van der Waals surface area contributed by atoms with E-state index in [4.69, 9.17) is 8.85 Å². The van der Waals surface area contributed by atoms with Crippen molar-refractivity contribution in [3.63, 3.8) is 0 Å². The maximum absolute atomic E-state index is 9.55. The first-order valence-electron chi connectivity index (χ1n) is 5.39. The number of ether oxygens (including phenoxy) is 1. The number of β-amino-alcohol motifs (C(OH)–C–C–N with tert-alkyl or cyclic N) is 1. The highest BCUT2D eigenvalue weighted by molar-refractivity contribution is 4.85. The first-order chi connectivity index (χ1) is 6.29. The lowest BCUT2D eigenvalue weighted by atomic mass is 10.3. The van der Waals surface area contributed by atoms with E-state index in [0.717, 1.165) is 0 Å². The van der Waals surface area contributed by atoms with Gasteiger partial charge in [-0.1, -0.05) is 0 Å². The molecule has 0 aromatic rings. The molecular weight excluding hydrogens is 142 g/mol. The molecule has 1 saturated heterocycles. The zero-order valence-corrected chi connectivity index (χ0v) is 6.95. The second-order valence-electron chi connectivity index (χ2n) is 3.27. The van der Waals surface area contributed by atoms with Gasteiger partial charge in [0.15, 0.2) is 0 Å². The molecule has 1 rings (SSSR count). The van der Waals surface area contributed by atoms with Gasteiger partial charge in [-0.3, -0.25) is 4.90 Å². The number of aliphatic hydroxyl groups is 1. The molecule has 0 aromatic heterocycles. The van der Waals surface area contributed by atoms with Crippen LogP contribution >= 0.6 is 0 Å². The van der Waals surface area contributed by atoms with Crippen molar-refractivity contribution in [2.24, 2.45) is 0 Å².